The topological polar surface area (TPSA) is 41.1 Å². The summed E-state index contributed by atoms with van der Waals surface area (Å²) in [6, 6.07) is 0. The first-order valence-electron chi connectivity index (χ1n) is 2.50. The molecule has 1 fully saturated rings. The average molecular weight is 112 g/mol. The maximum Gasteiger partial charge on any atom is 0.242 e. The zero-order valence-electron chi connectivity index (χ0n) is 4.48. The van der Waals surface area contributed by atoms with Crippen LogP contribution in [0.4, 0.5) is 0 Å². The van der Waals surface area contributed by atoms with Crippen molar-refractivity contribution in [3.05, 3.63) is 12.7 Å². The van der Waals surface area contributed by atoms with Crippen molar-refractivity contribution in [2.45, 2.75) is 0 Å². The van der Waals surface area contributed by atoms with Crippen LogP contribution in [0.25, 0.3) is 0 Å². The number of amides is 1. The second-order valence-corrected chi connectivity index (χ2v) is 1.71. The van der Waals surface area contributed by atoms with E-state index in [0.717, 1.165) is 0 Å². The average Bonchev–Trinajstić information content (AvgIpc) is 2.14. The Kier molecular flexibility index (Phi) is 1.30. The highest BCUT2D eigenvalue weighted by Gasteiger charge is 2.19. The second kappa shape index (κ2) is 1.96. The van der Waals surface area contributed by atoms with Gasteiger partial charge in [0, 0.05) is 6.54 Å². The number of carbonyl (C=O) groups excluding carboxylic acids is 1. The van der Waals surface area contributed by atoms with Crippen LogP contribution in [-0.2, 0) is 4.79 Å². The molecule has 0 aromatic rings. The van der Waals surface area contributed by atoms with Gasteiger partial charge >= 0.3 is 0 Å². The smallest absolute Gasteiger partial charge is 0.242 e. The minimum Gasteiger partial charge on any atom is -0.291 e. The van der Waals surface area contributed by atoms with Crippen molar-refractivity contribution < 1.29 is 4.79 Å². The van der Waals surface area contributed by atoms with Gasteiger partial charge in [-0.1, -0.05) is 6.08 Å². The molecule has 0 bridgehead atoms. The Labute approximate surface area is 47.7 Å². The van der Waals surface area contributed by atoms with E-state index in [-0.39, 0.29) is 11.8 Å². The Balaban J connectivity index is 2.54. The largest absolute Gasteiger partial charge is 0.291 e. The van der Waals surface area contributed by atoms with Crippen molar-refractivity contribution in [2.24, 2.45) is 5.92 Å². The molecule has 1 unspecified atom stereocenters. The molecule has 0 saturated carbocycles. The van der Waals surface area contributed by atoms with E-state index in [1.807, 2.05) is 0 Å². The summed E-state index contributed by atoms with van der Waals surface area (Å²) >= 11 is 0. The van der Waals surface area contributed by atoms with Crippen LogP contribution in [0.15, 0.2) is 12.7 Å². The lowest BCUT2D eigenvalue weighted by atomic mass is 10.1. The van der Waals surface area contributed by atoms with Gasteiger partial charge in [0.2, 0.25) is 5.91 Å². The SMILES string of the molecule is C=CC1CNNC1=O. The first-order chi connectivity index (χ1) is 3.84. The van der Waals surface area contributed by atoms with Crippen LogP contribution in [-0.4, -0.2) is 12.5 Å². The Hall–Kier alpha value is -0.830. The monoisotopic (exact) mass is 112 g/mol. The summed E-state index contributed by atoms with van der Waals surface area (Å²) in [4.78, 5) is 10.6. The lowest BCUT2D eigenvalue weighted by molar-refractivity contribution is -0.121. The molecule has 1 aliphatic rings. The summed E-state index contributed by atoms with van der Waals surface area (Å²) in [5.41, 5.74) is 5.16. The minimum absolute atomic E-state index is 0.0139. The van der Waals surface area contributed by atoms with E-state index in [1.165, 1.54) is 0 Å². The van der Waals surface area contributed by atoms with E-state index in [9.17, 15) is 4.79 Å². The normalized spacial score (nSPS) is 27.5. The molecule has 0 aromatic heterocycles. The van der Waals surface area contributed by atoms with Gasteiger partial charge in [0.15, 0.2) is 0 Å². The molecule has 0 aliphatic carbocycles. The van der Waals surface area contributed by atoms with Crippen LogP contribution in [0, 0.1) is 5.92 Å². The van der Waals surface area contributed by atoms with Crippen LogP contribution in [0.3, 0.4) is 0 Å². The molecule has 44 valence electrons. The quantitative estimate of drug-likeness (QED) is 0.446. The summed E-state index contributed by atoms with van der Waals surface area (Å²) in [5, 5.41) is 0. The molecular weight excluding hydrogens is 104 g/mol. The number of carbonyl (C=O) groups is 1. The Morgan fingerprint density at radius 1 is 1.88 bits per heavy atom. The molecule has 1 rings (SSSR count). The second-order valence-electron chi connectivity index (χ2n) is 1.71. The number of hydrazine groups is 1. The summed E-state index contributed by atoms with van der Waals surface area (Å²) in [7, 11) is 0. The molecule has 1 aliphatic heterocycles. The van der Waals surface area contributed by atoms with Crippen molar-refractivity contribution in [1.29, 1.82) is 0 Å². The van der Waals surface area contributed by atoms with E-state index in [2.05, 4.69) is 17.4 Å². The highest BCUT2D eigenvalue weighted by atomic mass is 16.2. The zero-order valence-corrected chi connectivity index (χ0v) is 4.48. The molecule has 0 radical (unpaired) electrons. The zero-order chi connectivity index (χ0) is 5.98. The van der Waals surface area contributed by atoms with E-state index in [0.29, 0.717) is 6.54 Å². The first kappa shape index (κ1) is 5.31. The summed E-state index contributed by atoms with van der Waals surface area (Å²) in [5.74, 6) is -0.0185. The maximum absolute atomic E-state index is 10.6. The number of hydrogen-bond acceptors (Lipinski definition) is 2. The van der Waals surface area contributed by atoms with Gasteiger partial charge in [-0.2, -0.15) is 0 Å². The van der Waals surface area contributed by atoms with Gasteiger partial charge in [0.05, 0.1) is 5.92 Å². The predicted molar refractivity (Wildman–Crippen MR) is 29.8 cm³/mol. The van der Waals surface area contributed by atoms with Crippen LogP contribution in [0.1, 0.15) is 0 Å². The maximum atomic E-state index is 10.6. The Bertz CT molecular complexity index is 122. The van der Waals surface area contributed by atoms with Gasteiger partial charge in [-0.05, 0) is 0 Å². The van der Waals surface area contributed by atoms with E-state index in [1.54, 1.807) is 6.08 Å². The number of nitrogens with one attached hydrogen (secondary N) is 2. The first-order valence-corrected chi connectivity index (χ1v) is 2.50. The van der Waals surface area contributed by atoms with E-state index in [4.69, 9.17) is 0 Å². The van der Waals surface area contributed by atoms with Crippen molar-refractivity contribution >= 4 is 5.91 Å². The lowest BCUT2D eigenvalue weighted by Crippen LogP contribution is -2.25. The predicted octanol–water partition coefficient (Wildman–Crippen LogP) is -0.577. The molecule has 8 heavy (non-hydrogen) atoms. The molecular formula is C5H8N2O. The summed E-state index contributed by atoms with van der Waals surface area (Å²) in [6.45, 7) is 4.16. The highest BCUT2D eigenvalue weighted by Crippen LogP contribution is 1.98. The standard InChI is InChI=1S/C5H8N2O/c1-2-4-3-6-7-5(4)8/h2,4,6H,1,3H2,(H,7,8). The third-order valence-electron chi connectivity index (χ3n) is 1.15. The van der Waals surface area contributed by atoms with Crippen LogP contribution >= 0.6 is 0 Å². The molecule has 0 aromatic carbocycles. The highest BCUT2D eigenvalue weighted by molar-refractivity contribution is 5.81. The van der Waals surface area contributed by atoms with Crippen molar-refractivity contribution in [2.75, 3.05) is 6.54 Å². The Morgan fingerprint density at radius 2 is 2.62 bits per heavy atom. The fourth-order valence-electron chi connectivity index (χ4n) is 0.624. The molecule has 1 saturated heterocycles. The fraction of sp³-hybridized carbons (Fsp3) is 0.400. The summed E-state index contributed by atoms with van der Waals surface area (Å²) in [6.07, 6.45) is 1.63. The molecule has 1 amide bonds. The van der Waals surface area contributed by atoms with Crippen molar-refractivity contribution in [3.8, 4) is 0 Å². The minimum atomic E-state index is -0.0324. The van der Waals surface area contributed by atoms with Gasteiger partial charge in [-0.25, -0.2) is 5.43 Å². The summed E-state index contributed by atoms with van der Waals surface area (Å²) < 4.78 is 0. The fourth-order valence-corrected chi connectivity index (χ4v) is 0.624. The molecule has 1 heterocycles. The van der Waals surface area contributed by atoms with Gasteiger partial charge in [-0.3, -0.25) is 10.2 Å². The van der Waals surface area contributed by atoms with E-state index >= 15 is 0 Å². The van der Waals surface area contributed by atoms with E-state index < -0.39 is 0 Å². The Morgan fingerprint density at radius 3 is 2.88 bits per heavy atom. The van der Waals surface area contributed by atoms with Crippen molar-refractivity contribution in [1.82, 2.24) is 10.9 Å². The lowest BCUT2D eigenvalue weighted by Gasteiger charge is -1.91. The van der Waals surface area contributed by atoms with Gasteiger partial charge in [-0.15, -0.1) is 6.58 Å². The van der Waals surface area contributed by atoms with Crippen LogP contribution in [0.5, 0.6) is 0 Å². The van der Waals surface area contributed by atoms with Gasteiger partial charge in [0.1, 0.15) is 0 Å². The molecule has 3 heteroatoms. The van der Waals surface area contributed by atoms with Gasteiger partial charge in [0.25, 0.3) is 0 Å². The van der Waals surface area contributed by atoms with Crippen LogP contribution in [0.2, 0.25) is 0 Å². The molecule has 1 atom stereocenters. The third kappa shape index (κ3) is 0.721. The molecule has 0 spiro atoms. The molecule has 2 N–H and O–H groups in total. The molecule has 3 nitrogen and oxygen atoms in total. The number of hydrogen-bond donors (Lipinski definition) is 2. The third-order valence-corrected chi connectivity index (χ3v) is 1.15. The van der Waals surface area contributed by atoms with Crippen molar-refractivity contribution in [3.63, 3.8) is 0 Å². The number of rotatable bonds is 1. The van der Waals surface area contributed by atoms with Crippen LogP contribution < -0.4 is 10.9 Å². The van der Waals surface area contributed by atoms with Gasteiger partial charge < -0.3 is 0 Å².